The van der Waals surface area contributed by atoms with Crippen LogP contribution in [-0.2, 0) is 6.54 Å². The first kappa shape index (κ1) is 20.6. The van der Waals surface area contributed by atoms with E-state index in [0.717, 1.165) is 5.56 Å². The molecule has 0 spiro atoms. The molecule has 30 heavy (non-hydrogen) atoms. The van der Waals surface area contributed by atoms with Crippen molar-refractivity contribution < 1.29 is 9.18 Å². The Morgan fingerprint density at radius 2 is 1.93 bits per heavy atom. The van der Waals surface area contributed by atoms with Gasteiger partial charge in [0, 0.05) is 16.8 Å². The van der Waals surface area contributed by atoms with Crippen LogP contribution in [-0.4, -0.2) is 25.9 Å². The summed E-state index contributed by atoms with van der Waals surface area (Å²) in [7, 11) is 0. The summed E-state index contributed by atoms with van der Waals surface area (Å²) in [5.41, 5.74) is 2.29. The number of hydrogen-bond donors (Lipinski definition) is 2. The molecule has 0 aliphatic rings. The minimum absolute atomic E-state index is 0.246. The van der Waals surface area contributed by atoms with Crippen LogP contribution in [0.2, 0.25) is 10.0 Å². The topological polar surface area (TPSA) is 75.6 Å². The summed E-state index contributed by atoms with van der Waals surface area (Å²) in [6.07, 6.45) is 1.73. The van der Waals surface area contributed by atoms with Crippen LogP contribution < -0.4 is 5.32 Å². The molecule has 0 unspecified atom stereocenters. The molecule has 0 aliphatic heterocycles. The highest BCUT2D eigenvalue weighted by Gasteiger charge is 2.16. The summed E-state index contributed by atoms with van der Waals surface area (Å²) in [4.78, 5) is 12.6. The van der Waals surface area contributed by atoms with Crippen molar-refractivity contribution in [2.24, 2.45) is 0 Å². The molecule has 0 fully saturated rings. The summed E-state index contributed by atoms with van der Waals surface area (Å²) in [6.45, 7) is 0.429. The lowest BCUT2D eigenvalue weighted by atomic mass is 10.1. The molecule has 2 aromatic heterocycles. The maximum Gasteiger partial charge on any atom is 0.274 e. The molecule has 0 radical (unpaired) electrons. The van der Waals surface area contributed by atoms with Gasteiger partial charge < -0.3 is 5.32 Å². The molecule has 152 valence electrons. The van der Waals surface area contributed by atoms with E-state index in [1.165, 1.54) is 12.1 Å². The Hall–Kier alpha value is -2.68. The molecular formula is C20H13BrCl2FN5O. The van der Waals surface area contributed by atoms with Crippen LogP contribution in [0.15, 0.2) is 59.2 Å². The summed E-state index contributed by atoms with van der Waals surface area (Å²) in [5, 5.41) is 14.9. The maximum absolute atomic E-state index is 13.0. The number of H-pyrrole nitrogens is 1. The van der Waals surface area contributed by atoms with Crippen molar-refractivity contribution in [3.8, 4) is 11.3 Å². The number of nitrogens with zero attached hydrogens (tertiary/aromatic N) is 3. The van der Waals surface area contributed by atoms with Gasteiger partial charge in [0.15, 0.2) is 5.82 Å². The van der Waals surface area contributed by atoms with E-state index in [9.17, 15) is 9.18 Å². The first-order valence-corrected chi connectivity index (χ1v) is 10.2. The summed E-state index contributed by atoms with van der Waals surface area (Å²) in [5.74, 6) is -0.360. The van der Waals surface area contributed by atoms with Gasteiger partial charge in [-0.05, 0) is 57.9 Å². The van der Waals surface area contributed by atoms with Gasteiger partial charge in [-0.15, -0.1) is 0 Å². The number of carbonyl (C=O) groups is 1. The molecule has 2 aromatic carbocycles. The molecule has 10 heteroatoms. The van der Waals surface area contributed by atoms with Crippen LogP contribution in [0.1, 0.15) is 16.1 Å². The number of nitrogens with one attached hydrogen (secondary N) is 2. The van der Waals surface area contributed by atoms with Crippen LogP contribution in [0.25, 0.3) is 11.3 Å². The van der Waals surface area contributed by atoms with E-state index >= 15 is 0 Å². The number of aromatic nitrogens is 4. The predicted octanol–water partition coefficient (Wildman–Crippen LogP) is 5.78. The largest absolute Gasteiger partial charge is 0.303 e. The number of amides is 1. The third-order valence-electron chi connectivity index (χ3n) is 4.24. The molecule has 4 aromatic rings. The van der Waals surface area contributed by atoms with Crippen LogP contribution >= 0.6 is 39.1 Å². The monoisotopic (exact) mass is 507 g/mol. The fraction of sp³-hybridized carbons (Fsp3) is 0.0500. The zero-order chi connectivity index (χ0) is 21.3. The molecule has 2 N–H and O–H groups in total. The van der Waals surface area contributed by atoms with E-state index in [1.54, 1.807) is 47.3 Å². The molecular weight excluding hydrogens is 496 g/mol. The summed E-state index contributed by atoms with van der Waals surface area (Å²) in [6, 6.07) is 12.8. The van der Waals surface area contributed by atoms with E-state index in [4.69, 9.17) is 23.2 Å². The van der Waals surface area contributed by atoms with Crippen LogP contribution in [0.4, 0.5) is 10.2 Å². The number of anilines is 1. The molecule has 0 aliphatic carbocycles. The second kappa shape index (κ2) is 8.59. The molecule has 4 rings (SSSR count). The zero-order valence-electron chi connectivity index (χ0n) is 15.2. The SMILES string of the molecule is O=C(Nc1nn(Cc2ccc(F)cc2)cc1Br)c1cc(-c2ccc(Cl)cc2Cl)n[nH]1. The predicted molar refractivity (Wildman–Crippen MR) is 117 cm³/mol. The Labute approximate surface area is 189 Å². The molecule has 6 nitrogen and oxygen atoms in total. The standard InChI is InChI=1S/C20H13BrCl2FN5O/c21-15-10-29(9-11-1-4-13(24)5-2-11)28-19(15)25-20(30)18-8-17(26-27-18)14-6-3-12(22)7-16(14)23/h1-8,10H,9H2,(H,26,27)(H,25,28,30). The maximum atomic E-state index is 13.0. The number of halogens is 4. The van der Waals surface area contributed by atoms with Crippen LogP contribution in [0.3, 0.4) is 0 Å². The van der Waals surface area contributed by atoms with Gasteiger partial charge in [0.1, 0.15) is 11.5 Å². The van der Waals surface area contributed by atoms with Crippen molar-refractivity contribution >= 4 is 50.9 Å². The van der Waals surface area contributed by atoms with Crippen LogP contribution in [0.5, 0.6) is 0 Å². The normalized spacial score (nSPS) is 10.9. The molecule has 0 saturated carbocycles. The van der Waals surface area contributed by atoms with Gasteiger partial charge in [-0.3, -0.25) is 14.6 Å². The third-order valence-corrected chi connectivity index (χ3v) is 5.36. The van der Waals surface area contributed by atoms with E-state index in [-0.39, 0.29) is 11.5 Å². The quantitative estimate of drug-likeness (QED) is 0.358. The fourth-order valence-electron chi connectivity index (χ4n) is 2.79. The molecule has 0 bridgehead atoms. The molecule has 2 heterocycles. The number of benzene rings is 2. The summed E-state index contributed by atoms with van der Waals surface area (Å²) >= 11 is 15.5. The van der Waals surface area contributed by atoms with Crippen molar-refractivity contribution in [2.45, 2.75) is 6.54 Å². The number of carbonyl (C=O) groups excluding carboxylic acids is 1. The van der Waals surface area contributed by atoms with Crippen LogP contribution in [0, 0.1) is 5.82 Å². The molecule has 0 saturated heterocycles. The van der Waals surface area contributed by atoms with Gasteiger partial charge >= 0.3 is 0 Å². The Morgan fingerprint density at radius 3 is 2.67 bits per heavy atom. The van der Waals surface area contributed by atoms with Gasteiger partial charge in [0.05, 0.1) is 21.7 Å². The van der Waals surface area contributed by atoms with E-state index in [1.807, 2.05) is 0 Å². The van der Waals surface area contributed by atoms with Crippen molar-refractivity contribution in [2.75, 3.05) is 5.32 Å². The van der Waals surface area contributed by atoms with Gasteiger partial charge in [-0.25, -0.2) is 4.39 Å². The van der Waals surface area contributed by atoms with Crippen molar-refractivity contribution in [3.05, 3.63) is 86.3 Å². The molecule has 0 atom stereocenters. The first-order valence-electron chi connectivity index (χ1n) is 8.68. The second-order valence-corrected chi connectivity index (χ2v) is 8.09. The Kier molecular flexibility index (Phi) is 5.90. The minimum atomic E-state index is -0.411. The van der Waals surface area contributed by atoms with E-state index in [2.05, 4.69) is 36.5 Å². The second-order valence-electron chi connectivity index (χ2n) is 6.39. The highest BCUT2D eigenvalue weighted by atomic mass is 79.9. The van der Waals surface area contributed by atoms with E-state index < -0.39 is 5.91 Å². The fourth-order valence-corrected chi connectivity index (χ4v) is 3.71. The number of hydrogen-bond acceptors (Lipinski definition) is 3. The molecule has 1 amide bonds. The summed E-state index contributed by atoms with van der Waals surface area (Å²) < 4.78 is 15.3. The lowest BCUT2D eigenvalue weighted by Gasteiger charge is -2.02. The average molecular weight is 509 g/mol. The van der Waals surface area contributed by atoms with Gasteiger partial charge in [0.25, 0.3) is 5.91 Å². The van der Waals surface area contributed by atoms with Gasteiger partial charge in [-0.2, -0.15) is 10.2 Å². The van der Waals surface area contributed by atoms with Crippen molar-refractivity contribution in [1.29, 1.82) is 0 Å². The highest BCUT2D eigenvalue weighted by Crippen LogP contribution is 2.29. The Bertz CT molecular complexity index is 1220. The first-order chi connectivity index (χ1) is 14.4. The van der Waals surface area contributed by atoms with Crippen molar-refractivity contribution in [3.63, 3.8) is 0 Å². The van der Waals surface area contributed by atoms with Gasteiger partial charge in [-0.1, -0.05) is 35.3 Å². The zero-order valence-corrected chi connectivity index (χ0v) is 18.3. The lowest BCUT2D eigenvalue weighted by Crippen LogP contribution is -2.13. The van der Waals surface area contributed by atoms with Crippen molar-refractivity contribution in [1.82, 2.24) is 20.0 Å². The average Bonchev–Trinajstić information content (AvgIpc) is 3.31. The van der Waals surface area contributed by atoms with E-state index in [0.29, 0.717) is 38.1 Å². The smallest absolute Gasteiger partial charge is 0.274 e. The lowest BCUT2D eigenvalue weighted by molar-refractivity contribution is 0.102. The van der Waals surface area contributed by atoms with Gasteiger partial charge in [0.2, 0.25) is 0 Å². The number of aromatic amines is 1. The minimum Gasteiger partial charge on any atom is -0.303 e. The number of rotatable bonds is 5. The highest BCUT2D eigenvalue weighted by molar-refractivity contribution is 9.10. The third kappa shape index (κ3) is 4.56. The Balaban J connectivity index is 1.48. The Morgan fingerprint density at radius 1 is 1.17 bits per heavy atom.